The highest BCUT2D eigenvalue weighted by molar-refractivity contribution is 5.76. The largest absolute Gasteiger partial charge is 0.481 e. The summed E-state index contributed by atoms with van der Waals surface area (Å²) in [6, 6.07) is 6.50. The Hall–Kier alpha value is -1.88. The van der Waals surface area contributed by atoms with E-state index < -0.39 is 5.97 Å². The first-order valence-electron chi connectivity index (χ1n) is 7.11. The fourth-order valence-corrected chi connectivity index (χ4v) is 2.91. The molecule has 0 spiro atoms. The number of fused-ring (bicyclic) bond motifs is 1. The Morgan fingerprint density at radius 2 is 2.20 bits per heavy atom. The Kier molecular flexibility index (Phi) is 3.69. The third kappa shape index (κ3) is 2.82. The topological polar surface area (TPSA) is 78.0 Å². The number of rotatable bonds is 4. The van der Waals surface area contributed by atoms with Crippen LogP contribution in [0.25, 0.3) is 11.0 Å². The molecule has 2 aromatic rings. The Morgan fingerprint density at radius 3 is 2.90 bits per heavy atom. The molecule has 2 heterocycles. The predicted octanol–water partition coefficient (Wildman–Crippen LogP) is 2.30. The van der Waals surface area contributed by atoms with Crippen LogP contribution >= 0.6 is 0 Å². The standard InChI is InChI=1S/C15H19N3O2/c19-15(20)10-3-5-12(6-4-10)17-9-13-8-11-2-1-7-16-14(11)18-13/h1-2,7-8,10,12,17H,3-6,9H2,(H,16,18)(H,19,20)/t10-,12-. The lowest BCUT2D eigenvalue weighted by Gasteiger charge is -2.26. The number of aromatic nitrogens is 2. The maximum Gasteiger partial charge on any atom is 0.306 e. The number of H-pyrrole nitrogens is 1. The van der Waals surface area contributed by atoms with Crippen LogP contribution in [-0.4, -0.2) is 27.1 Å². The highest BCUT2D eigenvalue weighted by Gasteiger charge is 2.25. The van der Waals surface area contributed by atoms with Gasteiger partial charge in [-0.25, -0.2) is 4.98 Å². The predicted molar refractivity (Wildman–Crippen MR) is 76.3 cm³/mol. The second-order valence-corrected chi connectivity index (χ2v) is 5.50. The second kappa shape index (κ2) is 5.63. The molecule has 1 fully saturated rings. The van der Waals surface area contributed by atoms with Gasteiger partial charge in [-0.2, -0.15) is 0 Å². The van der Waals surface area contributed by atoms with Crippen molar-refractivity contribution in [3.63, 3.8) is 0 Å². The van der Waals surface area contributed by atoms with Crippen molar-refractivity contribution in [3.8, 4) is 0 Å². The van der Waals surface area contributed by atoms with Gasteiger partial charge in [-0.05, 0) is 43.9 Å². The van der Waals surface area contributed by atoms with Gasteiger partial charge in [-0.3, -0.25) is 4.79 Å². The average molecular weight is 273 g/mol. The number of nitrogens with one attached hydrogen (secondary N) is 2. The van der Waals surface area contributed by atoms with Gasteiger partial charge >= 0.3 is 5.97 Å². The van der Waals surface area contributed by atoms with Crippen LogP contribution in [0, 0.1) is 5.92 Å². The van der Waals surface area contributed by atoms with E-state index in [1.54, 1.807) is 6.20 Å². The lowest BCUT2D eigenvalue weighted by atomic mass is 9.86. The summed E-state index contributed by atoms with van der Waals surface area (Å²) >= 11 is 0. The summed E-state index contributed by atoms with van der Waals surface area (Å²) in [7, 11) is 0. The van der Waals surface area contributed by atoms with E-state index in [9.17, 15) is 4.79 Å². The Balaban J connectivity index is 1.54. The summed E-state index contributed by atoms with van der Waals surface area (Å²) in [5.41, 5.74) is 2.04. The highest BCUT2D eigenvalue weighted by atomic mass is 16.4. The van der Waals surface area contributed by atoms with Crippen molar-refractivity contribution >= 4 is 17.0 Å². The zero-order chi connectivity index (χ0) is 13.9. The van der Waals surface area contributed by atoms with E-state index >= 15 is 0 Å². The number of carboxylic acid groups (broad SMARTS) is 1. The van der Waals surface area contributed by atoms with Crippen LogP contribution in [0.2, 0.25) is 0 Å². The molecule has 0 aromatic carbocycles. The molecule has 0 amide bonds. The van der Waals surface area contributed by atoms with Crippen molar-refractivity contribution in [2.24, 2.45) is 5.92 Å². The number of aliphatic carboxylic acids is 1. The minimum absolute atomic E-state index is 0.148. The van der Waals surface area contributed by atoms with Gasteiger partial charge in [0.05, 0.1) is 5.92 Å². The van der Waals surface area contributed by atoms with Crippen LogP contribution in [0.5, 0.6) is 0 Å². The van der Waals surface area contributed by atoms with Gasteiger partial charge in [0.15, 0.2) is 0 Å². The van der Waals surface area contributed by atoms with Crippen LogP contribution in [0.1, 0.15) is 31.4 Å². The lowest BCUT2D eigenvalue weighted by molar-refractivity contribution is -0.142. The minimum atomic E-state index is -0.648. The number of pyridine rings is 1. The van der Waals surface area contributed by atoms with Crippen molar-refractivity contribution in [1.29, 1.82) is 0 Å². The average Bonchev–Trinajstić information content (AvgIpc) is 2.88. The zero-order valence-corrected chi connectivity index (χ0v) is 11.3. The van der Waals surface area contributed by atoms with Gasteiger partial charge in [0, 0.05) is 29.9 Å². The molecule has 0 radical (unpaired) electrons. The van der Waals surface area contributed by atoms with E-state index in [2.05, 4.69) is 21.4 Å². The number of hydrogen-bond acceptors (Lipinski definition) is 3. The molecule has 1 saturated carbocycles. The van der Waals surface area contributed by atoms with Crippen molar-refractivity contribution in [2.45, 2.75) is 38.3 Å². The molecule has 0 bridgehead atoms. The van der Waals surface area contributed by atoms with Crippen molar-refractivity contribution in [2.75, 3.05) is 0 Å². The van der Waals surface area contributed by atoms with E-state index in [1.807, 2.05) is 12.1 Å². The quantitative estimate of drug-likeness (QED) is 0.798. The first kappa shape index (κ1) is 13.1. The summed E-state index contributed by atoms with van der Waals surface area (Å²) in [5.74, 6) is -0.796. The molecular weight excluding hydrogens is 254 g/mol. The maximum absolute atomic E-state index is 10.9. The summed E-state index contributed by atoms with van der Waals surface area (Å²) in [4.78, 5) is 18.5. The molecule has 0 aliphatic heterocycles. The Bertz CT molecular complexity index is 567. The van der Waals surface area contributed by atoms with Gasteiger partial charge in [-0.1, -0.05) is 0 Å². The Morgan fingerprint density at radius 1 is 1.40 bits per heavy atom. The molecule has 0 atom stereocenters. The third-order valence-corrected chi connectivity index (χ3v) is 4.11. The van der Waals surface area contributed by atoms with Crippen LogP contribution in [-0.2, 0) is 11.3 Å². The first-order valence-corrected chi connectivity index (χ1v) is 7.11. The molecule has 3 N–H and O–H groups in total. The van der Waals surface area contributed by atoms with Crippen LogP contribution < -0.4 is 5.32 Å². The van der Waals surface area contributed by atoms with Gasteiger partial charge < -0.3 is 15.4 Å². The number of nitrogens with zero attached hydrogens (tertiary/aromatic N) is 1. The van der Waals surface area contributed by atoms with Crippen molar-refractivity contribution in [1.82, 2.24) is 15.3 Å². The van der Waals surface area contributed by atoms with Gasteiger partial charge in [0.1, 0.15) is 5.65 Å². The van der Waals surface area contributed by atoms with Crippen LogP contribution in [0.3, 0.4) is 0 Å². The van der Waals surface area contributed by atoms with Gasteiger partial charge in [-0.15, -0.1) is 0 Å². The van der Waals surface area contributed by atoms with E-state index in [4.69, 9.17) is 5.11 Å². The summed E-state index contributed by atoms with van der Waals surface area (Å²) in [6.45, 7) is 0.777. The molecule has 3 rings (SSSR count). The summed E-state index contributed by atoms with van der Waals surface area (Å²) in [5, 5.41) is 13.6. The van der Waals surface area contributed by atoms with E-state index in [-0.39, 0.29) is 5.92 Å². The molecule has 0 unspecified atom stereocenters. The Labute approximate surface area is 117 Å². The molecule has 5 nitrogen and oxygen atoms in total. The summed E-state index contributed by atoms with van der Waals surface area (Å²) in [6.07, 6.45) is 5.22. The number of aromatic amines is 1. The normalized spacial score (nSPS) is 23.0. The molecule has 1 aliphatic carbocycles. The van der Waals surface area contributed by atoms with Gasteiger partial charge in [0.2, 0.25) is 0 Å². The van der Waals surface area contributed by atoms with Crippen molar-refractivity contribution in [3.05, 3.63) is 30.1 Å². The molecule has 1 aliphatic rings. The molecule has 0 saturated heterocycles. The van der Waals surface area contributed by atoms with Crippen LogP contribution in [0.15, 0.2) is 24.4 Å². The van der Waals surface area contributed by atoms with Crippen LogP contribution in [0.4, 0.5) is 0 Å². The highest BCUT2D eigenvalue weighted by Crippen LogP contribution is 2.24. The molecule has 2 aromatic heterocycles. The maximum atomic E-state index is 10.9. The van der Waals surface area contributed by atoms with Crippen molar-refractivity contribution < 1.29 is 9.90 Å². The third-order valence-electron chi connectivity index (χ3n) is 4.11. The van der Waals surface area contributed by atoms with E-state index in [1.165, 1.54) is 0 Å². The number of hydrogen-bond donors (Lipinski definition) is 3. The molecule has 20 heavy (non-hydrogen) atoms. The molecular formula is C15H19N3O2. The molecule has 5 heteroatoms. The first-order chi connectivity index (χ1) is 9.72. The molecule has 106 valence electrons. The van der Waals surface area contributed by atoms with E-state index in [0.29, 0.717) is 6.04 Å². The minimum Gasteiger partial charge on any atom is -0.481 e. The summed E-state index contributed by atoms with van der Waals surface area (Å²) < 4.78 is 0. The SMILES string of the molecule is O=C(O)[C@H]1CC[C@H](NCc2cc3cccnc3[nH]2)CC1. The zero-order valence-electron chi connectivity index (χ0n) is 11.3. The fraction of sp³-hybridized carbons (Fsp3) is 0.467. The second-order valence-electron chi connectivity index (χ2n) is 5.50. The van der Waals surface area contributed by atoms with Gasteiger partial charge in [0.25, 0.3) is 0 Å². The smallest absolute Gasteiger partial charge is 0.306 e. The lowest BCUT2D eigenvalue weighted by Crippen LogP contribution is -2.34. The van der Waals surface area contributed by atoms with E-state index in [0.717, 1.165) is 49.0 Å². The number of carboxylic acids is 1. The fourth-order valence-electron chi connectivity index (χ4n) is 2.91. The monoisotopic (exact) mass is 273 g/mol. The number of carbonyl (C=O) groups is 1.